The molecule has 1 aliphatic rings. The maximum absolute atomic E-state index is 12.1. The molecular formula is C24H32N2O5. The number of piperidine rings is 1. The van der Waals surface area contributed by atoms with Crippen LogP contribution in [0, 0.1) is 0 Å². The van der Waals surface area contributed by atoms with Gasteiger partial charge in [0, 0.05) is 31.4 Å². The Morgan fingerprint density at radius 1 is 1.00 bits per heavy atom. The van der Waals surface area contributed by atoms with Gasteiger partial charge in [0.2, 0.25) is 0 Å². The highest BCUT2D eigenvalue weighted by Crippen LogP contribution is 2.43. The van der Waals surface area contributed by atoms with E-state index in [0.29, 0.717) is 30.2 Å². The standard InChI is InChI=1S/C24H32N2O5/c1-25(2)17-11-9-16(10-12-17)23(26-13-7-6-8-19(26)24(27)28)18-14-21(30-4)22(31-5)15-20(18)29-3/h9-12,14-15,19,23H,6-8,13H2,1-5H3,(H,27,28). The van der Waals surface area contributed by atoms with Gasteiger partial charge in [0.25, 0.3) is 0 Å². The van der Waals surface area contributed by atoms with Gasteiger partial charge in [-0.1, -0.05) is 18.6 Å². The third-order valence-corrected chi connectivity index (χ3v) is 5.92. The summed E-state index contributed by atoms with van der Waals surface area (Å²) in [6.07, 6.45) is 2.48. The van der Waals surface area contributed by atoms with E-state index in [1.54, 1.807) is 27.4 Å². The fraction of sp³-hybridized carbons (Fsp3) is 0.458. The summed E-state index contributed by atoms with van der Waals surface area (Å²) in [5.41, 5.74) is 2.94. The van der Waals surface area contributed by atoms with Crippen LogP contribution in [0.15, 0.2) is 36.4 Å². The summed E-state index contributed by atoms with van der Waals surface area (Å²) >= 11 is 0. The van der Waals surface area contributed by atoms with Crippen LogP contribution in [0.3, 0.4) is 0 Å². The fourth-order valence-corrected chi connectivity index (χ4v) is 4.30. The number of aliphatic carboxylic acids is 1. The molecule has 2 aromatic rings. The average Bonchev–Trinajstić information content (AvgIpc) is 2.79. The lowest BCUT2D eigenvalue weighted by molar-refractivity contribution is -0.145. The minimum Gasteiger partial charge on any atom is -0.496 e. The highest BCUT2D eigenvalue weighted by molar-refractivity contribution is 5.74. The van der Waals surface area contributed by atoms with Crippen molar-refractivity contribution in [2.45, 2.75) is 31.3 Å². The maximum Gasteiger partial charge on any atom is 0.320 e. The molecule has 1 heterocycles. The van der Waals surface area contributed by atoms with Crippen LogP contribution >= 0.6 is 0 Å². The number of carboxylic acids is 1. The molecule has 7 heteroatoms. The van der Waals surface area contributed by atoms with Gasteiger partial charge in [0.1, 0.15) is 11.8 Å². The van der Waals surface area contributed by atoms with Crippen LogP contribution in [-0.2, 0) is 4.79 Å². The lowest BCUT2D eigenvalue weighted by atomic mass is 9.90. The van der Waals surface area contributed by atoms with Gasteiger partial charge in [-0.25, -0.2) is 0 Å². The molecular weight excluding hydrogens is 396 g/mol. The summed E-state index contributed by atoms with van der Waals surface area (Å²) in [7, 11) is 8.78. The van der Waals surface area contributed by atoms with Crippen molar-refractivity contribution >= 4 is 11.7 Å². The Balaban J connectivity index is 2.19. The minimum atomic E-state index is -0.797. The topological polar surface area (TPSA) is 71.5 Å². The number of anilines is 1. The molecule has 31 heavy (non-hydrogen) atoms. The Bertz CT molecular complexity index is 898. The van der Waals surface area contributed by atoms with Crippen molar-refractivity contribution in [3.8, 4) is 17.2 Å². The van der Waals surface area contributed by atoms with Crippen LogP contribution in [-0.4, -0.2) is 64.0 Å². The Kier molecular flexibility index (Phi) is 7.28. The number of carboxylic acid groups (broad SMARTS) is 1. The Morgan fingerprint density at radius 3 is 2.16 bits per heavy atom. The van der Waals surface area contributed by atoms with E-state index in [4.69, 9.17) is 14.2 Å². The Morgan fingerprint density at radius 2 is 1.61 bits per heavy atom. The number of hydrogen-bond donors (Lipinski definition) is 1. The highest BCUT2D eigenvalue weighted by atomic mass is 16.5. The minimum absolute atomic E-state index is 0.299. The Labute approximate surface area is 184 Å². The summed E-state index contributed by atoms with van der Waals surface area (Å²) in [5, 5.41) is 9.95. The number of methoxy groups -OCH3 is 3. The summed E-state index contributed by atoms with van der Waals surface area (Å²) in [6.45, 7) is 0.689. The summed E-state index contributed by atoms with van der Waals surface area (Å²) in [4.78, 5) is 16.2. The predicted molar refractivity (Wildman–Crippen MR) is 121 cm³/mol. The summed E-state index contributed by atoms with van der Waals surface area (Å²) in [5.74, 6) is 0.985. The number of rotatable bonds is 8. The molecule has 2 unspecified atom stereocenters. The van der Waals surface area contributed by atoms with Gasteiger partial charge >= 0.3 is 5.97 Å². The molecule has 3 rings (SSSR count). The van der Waals surface area contributed by atoms with Gasteiger partial charge in [-0.3, -0.25) is 9.69 Å². The van der Waals surface area contributed by atoms with Crippen LogP contribution in [0.2, 0.25) is 0 Å². The van der Waals surface area contributed by atoms with Gasteiger partial charge in [0.15, 0.2) is 11.5 Å². The summed E-state index contributed by atoms with van der Waals surface area (Å²) < 4.78 is 16.7. The van der Waals surface area contributed by atoms with E-state index in [1.165, 1.54) is 0 Å². The second-order valence-electron chi connectivity index (χ2n) is 7.93. The van der Waals surface area contributed by atoms with E-state index in [0.717, 1.165) is 29.7 Å². The molecule has 1 aliphatic heterocycles. The number of carbonyl (C=O) groups is 1. The molecule has 0 radical (unpaired) electrons. The van der Waals surface area contributed by atoms with Crippen molar-refractivity contribution in [3.05, 3.63) is 47.5 Å². The molecule has 2 atom stereocenters. The molecule has 0 aromatic heterocycles. The van der Waals surface area contributed by atoms with E-state index < -0.39 is 12.0 Å². The van der Waals surface area contributed by atoms with Gasteiger partial charge in [-0.15, -0.1) is 0 Å². The molecule has 0 aliphatic carbocycles. The van der Waals surface area contributed by atoms with E-state index >= 15 is 0 Å². The van der Waals surface area contributed by atoms with Crippen LogP contribution in [0.5, 0.6) is 17.2 Å². The average molecular weight is 429 g/mol. The number of hydrogen-bond acceptors (Lipinski definition) is 6. The van der Waals surface area contributed by atoms with Crippen molar-refractivity contribution < 1.29 is 24.1 Å². The zero-order valence-electron chi connectivity index (χ0n) is 18.9. The number of nitrogens with zero attached hydrogens (tertiary/aromatic N) is 2. The van der Waals surface area contributed by atoms with Crippen LogP contribution in [0.4, 0.5) is 5.69 Å². The van der Waals surface area contributed by atoms with Gasteiger partial charge < -0.3 is 24.2 Å². The molecule has 0 spiro atoms. The number of likely N-dealkylation sites (tertiary alicyclic amines) is 1. The molecule has 1 N–H and O–H groups in total. The van der Waals surface area contributed by atoms with Crippen molar-refractivity contribution in [3.63, 3.8) is 0 Å². The smallest absolute Gasteiger partial charge is 0.320 e. The first kappa shape index (κ1) is 22.7. The summed E-state index contributed by atoms with van der Waals surface area (Å²) in [6, 6.07) is 11.1. The highest BCUT2D eigenvalue weighted by Gasteiger charge is 2.37. The molecule has 1 fully saturated rings. The van der Waals surface area contributed by atoms with Crippen molar-refractivity contribution in [1.29, 1.82) is 0 Å². The van der Waals surface area contributed by atoms with Crippen molar-refractivity contribution in [2.24, 2.45) is 0 Å². The monoisotopic (exact) mass is 428 g/mol. The lowest BCUT2D eigenvalue weighted by Crippen LogP contribution is -2.46. The second kappa shape index (κ2) is 9.92. The SMILES string of the molecule is COc1cc(OC)c(C(c2ccc(N(C)C)cc2)N2CCCCC2C(=O)O)cc1OC. The zero-order chi connectivity index (χ0) is 22.5. The lowest BCUT2D eigenvalue weighted by Gasteiger charge is -2.40. The van der Waals surface area contributed by atoms with E-state index in [2.05, 4.69) is 29.2 Å². The van der Waals surface area contributed by atoms with Gasteiger partial charge in [0.05, 0.1) is 27.4 Å². The normalized spacial score (nSPS) is 17.6. The third kappa shape index (κ3) is 4.71. The first-order chi connectivity index (χ1) is 14.9. The molecule has 0 saturated carbocycles. The van der Waals surface area contributed by atoms with Gasteiger partial charge in [-0.05, 0) is 43.1 Å². The Hall–Kier alpha value is -2.93. The second-order valence-corrected chi connectivity index (χ2v) is 7.93. The molecule has 168 valence electrons. The van der Waals surface area contributed by atoms with Crippen LogP contribution in [0.1, 0.15) is 36.4 Å². The third-order valence-electron chi connectivity index (χ3n) is 5.92. The van der Waals surface area contributed by atoms with E-state index in [-0.39, 0.29) is 6.04 Å². The molecule has 0 amide bonds. The zero-order valence-corrected chi connectivity index (χ0v) is 18.9. The molecule has 1 saturated heterocycles. The number of ether oxygens (including phenoxy) is 3. The molecule has 7 nitrogen and oxygen atoms in total. The van der Waals surface area contributed by atoms with Crippen LogP contribution < -0.4 is 19.1 Å². The number of benzene rings is 2. The predicted octanol–water partition coefficient (Wildman–Crippen LogP) is 3.81. The first-order valence-corrected chi connectivity index (χ1v) is 10.5. The fourth-order valence-electron chi connectivity index (χ4n) is 4.30. The van der Waals surface area contributed by atoms with Crippen LogP contribution in [0.25, 0.3) is 0 Å². The van der Waals surface area contributed by atoms with Crippen molar-refractivity contribution in [1.82, 2.24) is 4.90 Å². The van der Waals surface area contributed by atoms with Gasteiger partial charge in [-0.2, -0.15) is 0 Å². The van der Waals surface area contributed by atoms with Crippen molar-refractivity contribution in [2.75, 3.05) is 46.9 Å². The first-order valence-electron chi connectivity index (χ1n) is 10.5. The van der Waals surface area contributed by atoms with E-state index in [9.17, 15) is 9.90 Å². The quantitative estimate of drug-likeness (QED) is 0.686. The van der Waals surface area contributed by atoms with E-state index in [1.807, 2.05) is 25.1 Å². The molecule has 0 bridgehead atoms. The largest absolute Gasteiger partial charge is 0.496 e. The molecule has 2 aromatic carbocycles. The maximum atomic E-state index is 12.1.